The Hall–Kier alpha value is -3.56. The van der Waals surface area contributed by atoms with Gasteiger partial charge in [-0.15, -0.1) is 0 Å². The van der Waals surface area contributed by atoms with Crippen molar-refractivity contribution >= 4 is 39.1 Å². The van der Waals surface area contributed by atoms with E-state index in [1.807, 2.05) is 26.8 Å². The number of carbonyl (C=O) groups excluding carboxylic acids is 2. The molecule has 0 saturated carbocycles. The SMILES string of the molecule is COc1cccc(CN(C(=O)CN(c2cccc(Cl)c2C)S(=O)(=O)c2ccccc2)[C@@H](C)C(=O)NC(C)(C)C)c1. The van der Waals surface area contributed by atoms with Crippen LogP contribution in [-0.2, 0) is 26.2 Å². The molecule has 40 heavy (non-hydrogen) atoms. The van der Waals surface area contributed by atoms with Gasteiger partial charge in [0.25, 0.3) is 10.0 Å². The summed E-state index contributed by atoms with van der Waals surface area (Å²) in [6, 6.07) is 19.0. The van der Waals surface area contributed by atoms with E-state index in [1.165, 1.54) is 17.0 Å². The second kappa shape index (κ2) is 12.7. The molecule has 3 rings (SSSR count). The molecule has 0 unspecified atom stereocenters. The molecule has 0 aliphatic carbocycles. The molecule has 0 spiro atoms. The lowest BCUT2D eigenvalue weighted by Crippen LogP contribution is -2.54. The lowest BCUT2D eigenvalue weighted by molar-refractivity contribution is -0.140. The van der Waals surface area contributed by atoms with Crippen molar-refractivity contribution in [3.63, 3.8) is 0 Å². The lowest BCUT2D eigenvalue weighted by atomic mass is 10.1. The van der Waals surface area contributed by atoms with Crippen LogP contribution in [-0.4, -0.2) is 50.4 Å². The highest BCUT2D eigenvalue weighted by Crippen LogP contribution is 2.31. The normalized spacial score (nSPS) is 12.4. The zero-order valence-electron chi connectivity index (χ0n) is 23.6. The van der Waals surface area contributed by atoms with Crippen LogP contribution in [0, 0.1) is 6.92 Å². The van der Waals surface area contributed by atoms with Gasteiger partial charge in [-0.05, 0) is 82.1 Å². The predicted molar refractivity (Wildman–Crippen MR) is 158 cm³/mol. The van der Waals surface area contributed by atoms with Gasteiger partial charge < -0.3 is 15.0 Å². The number of anilines is 1. The Morgan fingerprint density at radius 1 is 1.00 bits per heavy atom. The fraction of sp³-hybridized carbons (Fsp3) is 0.333. The molecule has 2 amide bonds. The van der Waals surface area contributed by atoms with Crippen LogP contribution in [0.25, 0.3) is 0 Å². The van der Waals surface area contributed by atoms with Crippen molar-refractivity contribution in [2.45, 2.75) is 57.6 Å². The predicted octanol–water partition coefficient (Wildman–Crippen LogP) is 5.18. The summed E-state index contributed by atoms with van der Waals surface area (Å²) in [5.41, 5.74) is 0.975. The Bertz CT molecular complexity index is 1460. The van der Waals surface area contributed by atoms with Crippen LogP contribution in [0.3, 0.4) is 0 Å². The number of sulfonamides is 1. The van der Waals surface area contributed by atoms with Crippen LogP contribution < -0.4 is 14.4 Å². The number of hydrogen-bond donors (Lipinski definition) is 1. The molecule has 0 aliphatic rings. The van der Waals surface area contributed by atoms with Crippen molar-refractivity contribution in [3.05, 3.63) is 88.9 Å². The Morgan fingerprint density at radius 3 is 2.27 bits per heavy atom. The van der Waals surface area contributed by atoms with E-state index in [-0.39, 0.29) is 23.0 Å². The first kappa shape index (κ1) is 31.0. The molecule has 0 heterocycles. The summed E-state index contributed by atoms with van der Waals surface area (Å²) in [6.45, 7) is 8.38. The zero-order valence-corrected chi connectivity index (χ0v) is 25.2. The molecule has 0 fully saturated rings. The highest BCUT2D eigenvalue weighted by atomic mass is 35.5. The van der Waals surface area contributed by atoms with E-state index in [4.69, 9.17) is 16.3 Å². The van der Waals surface area contributed by atoms with Crippen molar-refractivity contribution in [2.24, 2.45) is 0 Å². The molecule has 0 radical (unpaired) electrons. The summed E-state index contributed by atoms with van der Waals surface area (Å²) in [4.78, 5) is 28.7. The molecule has 0 aliphatic heterocycles. The molecular formula is C30H36ClN3O5S. The van der Waals surface area contributed by atoms with Gasteiger partial charge in [0, 0.05) is 17.1 Å². The molecule has 1 N–H and O–H groups in total. The molecule has 1 atom stereocenters. The second-order valence-electron chi connectivity index (χ2n) is 10.5. The van der Waals surface area contributed by atoms with E-state index in [0.717, 1.165) is 9.87 Å². The summed E-state index contributed by atoms with van der Waals surface area (Å²) in [5.74, 6) is -0.321. The van der Waals surface area contributed by atoms with Crippen LogP contribution in [0.5, 0.6) is 5.75 Å². The molecule has 3 aromatic rings. The quantitative estimate of drug-likeness (QED) is 0.353. The summed E-state index contributed by atoms with van der Waals surface area (Å²) in [5, 5.41) is 3.28. The number of nitrogens with one attached hydrogen (secondary N) is 1. The summed E-state index contributed by atoms with van der Waals surface area (Å²) in [7, 11) is -2.63. The van der Waals surface area contributed by atoms with E-state index in [0.29, 0.717) is 16.3 Å². The lowest BCUT2D eigenvalue weighted by Gasteiger charge is -2.34. The van der Waals surface area contributed by atoms with Gasteiger partial charge in [0.05, 0.1) is 17.7 Å². The molecule has 214 valence electrons. The number of halogens is 1. The van der Waals surface area contributed by atoms with Crippen molar-refractivity contribution in [1.82, 2.24) is 10.2 Å². The highest BCUT2D eigenvalue weighted by Gasteiger charge is 2.34. The van der Waals surface area contributed by atoms with Crippen molar-refractivity contribution in [1.29, 1.82) is 0 Å². The summed E-state index contributed by atoms with van der Waals surface area (Å²) >= 11 is 6.36. The van der Waals surface area contributed by atoms with Crippen molar-refractivity contribution < 1.29 is 22.7 Å². The first-order valence-corrected chi connectivity index (χ1v) is 14.6. The first-order valence-electron chi connectivity index (χ1n) is 12.8. The zero-order chi connectivity index (χ0) is 29.7. The molecule has 0 saturated heterocycles. The number of rotatable bonds is 10. The maximum atomic E-state index is 14.0. The second-order valence-corrected chi connectivity index (χ2v) is 12.8. The number of nitrogens with zero attached hydrogens (tertiary/aromatic N) is 2. The van der Waals surface area contributed by atoms with E-state index in [2.05, 4.69) is 5.32 Å². The topological polar surface area (TPSA) is 96.0 Å². The van der Waals surface area contributed by atoms with Crippen LogP contribution in [0.15, 0.2) is 77.7 Å². The van der Waals surface area contributed by atoms with Gasteiger partial charge in [-0.3, -0.25) is 13.9 Å². The van der Waals surface area contributed by atoms with Crippen LogP contribution in [0.1, 0.15) is 38.8 Å². The van der Waals surface area contributed by atoms with E-state index >= 15 is 0 Å². The van der Waals surface area contributed by atoms with Gasteiger partial charge in [0.2, 0.25) is 11.8 Å². The molecule has 0 aromatic heterocycles. The number of carbonyl (C=O) groups is 2. The monoisotopic (exact) mass is 585 g/mol. The fourth-order valence-corrected chi connectivity index (χ4v) is 5.79. The van der Waals surface area contributed by atoms with Gasteiger partial charge in [-0.25, -0.2) is 8.42 Å². The van der Waals surface area contributed by atoms with Gasteiger partial charge in [-0.2, -0.15) is 0 Å². The average molecular weight is 586 g/mol. The van der Waals surface area contributed by atoms with Crippen LogP contribution in [0.2, 0.25) is 5.02 Å². The largest absolute Gasteiger partial charge is 0.497 e. The fourth-order valence-electron chi connectivity index (χ4n) is 4.12. The van der Waals surface area contributed by atoms with Gasteiger partial charge in [0.15, 0.2) is 0 Å². The Balaban J connectivity index is 2.08. The van der Waals surface area contributed by atoms with Crippen LogP contribution in [0.4, 0.5) is 5.69 Å². The Morgan fingerprint density at radius 2 is 1.65 bits per heavy atom. The summed E-state index contributed by atoms with van der Waals surface area (Å²) < 4.78 is 34.2. The van der Waals surface area contributed by atoms with Crippen LogP contribution >= 0.6 is 11.6 Å². The highest BCUT2D eigenvalue weighted by molar-refractivity contribution is 7.92. The molecule has 3 aromatic carbocycles. The third-order valence-electron chi connectivity index (χ3n) is 6.27. The van der Waals surface area contributed by atoms with Crippen molar-refractivity contribution in [2.75, 3.05) is 18.0 Å². The Kier molecular flexibility index (Phi) is 9.87. The standard InChI is InChI=1S/C30H36ClN3O5S/c1-21-26(31)16-11-17-27(21)34(40(37,38)25-14-8-7-9-15-25)20-28(35)33(22(2)29(36)32-30(3,4)5)19-23-12-10-13-24(18-23)39-6/h7-18,22H,19-20H2,1-6H3,(H,32,36)/t22-/m0/s1. The number of benzene rings is 3. The van der Waals surface area contributed by atoms with Gasteiger partial charge >= 0.3 is 0 Å². The van der Waals surface area contributed by atoms with E-state index in [9.17, 15) is 18.0 Å². The van der Waals surface area contributed by atoms with E-state index in [1.54, 1.807) is 75.6 Å². The molecule has 8 nitrogen and oxygen atoms in total. The minimum Gasteiger partial charge on any atom is -0.497 e. The number of methoxy groups -OCH3 is 1. The summed E-state index contributed by atoms with van der Waals surface area (Å²) in [6.07, 6.45) is 0. The minimum atomic E-state index is -4.17. The third-order valence-corrected chi connectivity index (χ3v) is 8.45. The maximum Gasteiger partial charge on any atom is 0.264 e. The van der Waals surface area contributed by atoms with E-state index < -0.39 is 34.1 Å². The number of ether oxygens (including phenoxy) is 1. The first-order chi connectivity index (χ1) is 18.7. The van der Waals surface area contributed by atoms with Gasteiger partial charge in [-0.1, -0.05) is 48.0 Å². The average Bonchev–Trinajstić information content (AvgIpc) is 2.91. The maximum absolute atomic E-state index is 14.0. The van der Waals surface area contributed by atoms with Gasteiger partial charge in [0.1, 0.15) is 18.3 Å². The molecule has 10 heteroatoms. The Labute approximate surface area is 241 Å². The smallest absolute Gasteiger partial charge is 0.264 e. The number of hydrogen-bond acceptors (Lipinski definition) is 5. The minimum absolute atomic E-state index is 0.0278. The molecule has 0 bridgehead atoms. The molecular weight excluding hydrogens is 550 g/mol. The third kappa shape index (κ3) is 7.55. The van der Waals surface area contributed by atoms with Crippen molar-refractivity contribution in [3.8, 4) is 5.75 Å². The number of amides is 2.